The van der Waals surface area contributed by atoms with Crippen molar-refractivity contribution in [3.8, 4) is 0 Å². The van der Waals surface area contributed by atoms with E-state index in [-0.39, 0.29) is 5.54 Å². The number of H-pyrrole nitrogens is 1. The van der Waals surface area contributed by atoms with Gasteiger partial charge in [-0.2, -0.15) is 0 Å². The Morgan fingerprint density at radius 1 is 1.35 bits per heavy atom. The van der Waals surface area contributed by atoms with Crippen molar-refractivity contribution in [1.82, 2.24) is 9.88 Å². The largest absolute Gasteiger partial charge is 0.361 e. The number of nitrogens with zero attached hydrogens (tertiary/aromatic N) is 1. The van der Waals surface area contributed by atoms with Gasteiger partial charge in [-0.25, -0.2) is 0 Å². The van der Waals surface area contributed by atoms with Gasteiger partial charge < -0.3 is 15.6 Å². The Kier molecular flexibility index (Phi) is 2.45. The summed E-state index contributed by atoms with van der Waals surface area (Å²) in [5, 5.41) is 1.32. The van der Waals surface area contributed by atoms with Crippen LogP contribution in [0.25, 0.3) is 10.9 Å². The van der Waals surface area contributed by atoms with E-state index in [0.717, 1.165) is 13.1 Å². The molecule has 0 bridgehead atoms. The molecule has 1 saturated carbocycles. The summed E-state index contributed by atoms with van der Waals surface area (Å²) < 4.78 is 0. The zero-order valence-corrected chi connectivity index (χ0v) is 10.2. The SMILES string of the molecule is CN(Cc1c[nH]c2ccccc12)CC1(N)CC1. The molecule has 2 aromatic rings. The van der Waals surface area contributed by atoms with Crippen molar-refractivity contribution in [3.05, 3.63) is 36.0 Å². The summed E-state index contributed by atoms with van der Waals surface area (Å²) in [7, 11) is 2.15. The Hall–Kier alpha value is -1.32. The lowest BCUT2D eigenvalue weighted by Gasteiger charge is -2.20. The van der Waals surface area contributed by atoms with Gasteiger partial charge in [0.15, 0.2) is 0 Å². The van der Waals surface area contributed by atoms with Crippen LogP contribution in [0.3, 0.4) is 0 Å². The third kappa shape index (κ3) is 2.21. The fourth-order valence-corrected chi connectivity index (χ4v) is 2.47. The molecule has 1 aromatic heterocycles. The first-order valence-electron chi connectivity index (χ1n) is 6.19. The van der Waals surface area contributed by atoms with Crippen LogP contribution in [0.1, 0.15) is 18.4 Å². The highest BCUT2D eigenvalue weighted by molar-refractivity contribution is 5.82. The lowest BCUT2D eigenvalue weighted by Crippen LogP contribution is -2.36. The first-order valence-corrected chi connectivity index (χ1v) is 6.19. The number of para-hydroxylation sites is 1. The molecule has 1 aromatic carbocycles. The molecule has 0 unspecified atom stereocenters. The molecular weight excluding hydrogens is 210 g/mol. The molecule has 0 spiro atoms. The minimum Gasteiger partial charge on any atom is -0.361 e. The van der Waals surface area contributed by atoms with Crippen LogP contribution in [0.2, 0.25) is 0 Å². The molecule has 3 nitrogen and oxygen atoms in total. The van der Waals surface area contributed by atoms with Crippen molar-refractivity contribution in [3.63, 3.8) is 0 Å². The van der Waals surface area contributed by atoms with Gasteiger partial charge in [-0.05, 0) is 31.5 Å². The molecule has 90 valence electrons. The predicted octanol–water partition coefficient (Wildman–Crippen LogP) is 2.09. The summed E-state index contributed by atoms with van der Waals surface area (Å²) in [5.74, 6) is 0. The molecule has 1 fully saturated rings. The molecule has 17 heavy (non-hydrogen) atoms. The fraction of sp³-hybridized carbons (Fsp3) is 0.429. The second-order valence-corrected chi connectivity index (χ2v) is 5.39. The molecule has 0 amide bonds. The highest BCUT2D eigenvalue weighted by Gasteiger charge is 2.38. The van der Waals surface area contributed by atoms with E-state index in [9.17, 15) is 0 Å². The monoisotopic (exact) mass is 229 g/mol. The molecular formula is C14H19N3. The van der Waals surface area contributed by atoms with Gasteiger partial charge in [-0.15, -0.1) is 0 Å². The summed E-state index contributed by atoms with van der Waals surface area (Å²) in [4.78, 5) is 5.64. The van der Waals surface area contributed by atoms with Gasteiger partial charge in [0.2, 0.25) is 0 Å². The molecule has 3 N–H and O–H groups in total. The number of aromatic amines is 1. The van der Waals surface area contributed by atoms with E-state index >= 15 is 0 Å². The molecule has 0 aliphatic heterocycles. The van der Waals surface area contributed by atoms with Crippen molar-refractivity contribution >= 4 is 10.9 Å². The van der Waals surface area contributed by atoms with Gasteiger partial charge in [0.05, 0.1) is 0 Å². The first-order chi connectivity index (χ1) is 8.16. The quantitative estimate of drug-likeness (QED) is 0.843. The second-order valence-electron chi connectivity index (χ2n) is 5.39. The third-order valence-electron chi connectivity index (χ3n) is 3.59. The van der Waals surface area contributed by atoms with E-state index < -0.39 is 0 Å². The number of aromatic nitrogens is 1. The molecule has 3 heteroatoms. The Morgan fingerprint density at radius 2 is 2.12 bits per heavy atom. The maximum Gasteiger partial charge on any atom is 0.0457 e. The van der Waals surface area contributed by atoms with E-state index in [2.05, 4.69) is 47.4 Å². The van der Waals surface area contributed by atoms with Crippen molar-refractivity contribution in [1.29, 1.82) is 0 Å². The molecule has 0 atom stereocenters. The summed E-state index contributed by atoms with van der Waals surface area (Å²) in [5.41, 5.74) is 8.80. The maximum absolute atomic E-state index is 6.14. The summed E-state index contributed by atoms with van der Waals surface area (Å²) >= 11 is 0. The molecule has 0 radical (unpaired) electrons. The Labute approximate surface area is 102 Å². The minimum atomic E-state index is 0.0981. The average molecular weight is 229 g/mol. The van der Waals surface area contributed by atoms with Crippen molar-refractivity contribution in [2.24, 2.45) is 5.73 Å². The number of hydrogen-bond donors (Lipinski definition) is 2. The lowest BCUT2D eigenvalue weighted by molar-refractivity contribution is 0.296. The predicted molar refractivity (Wildman–Crippen MR) is 70.8 cm³/mol. The molecule has 0 saturated heterocycles. The van der Waals surface area contributed by atoms with Gasteiger partial charge in [0.25, 0.3) is 0 Å². The highest BCUT2D eigenvalue weighted by atomic mass is 15.1. The topological polar surface area (TPSA) is 45.0 Å². The number of fused-ring (bicyclic) bond motifs is 1. The molecule has 1 heterocycles. The van der Waals surface area contributed by atoms with Crippen LogP contribution in [0.15, 0.2) is 30.5 Å². The van der Waals surface area contributed by atoms with Crippen LogP contribution in [0.5, 0.6) is 0 Å². The average Bonchev–Trinajstić information content (AvgIpc) is 2.89. The van der Waals surface area contributed by atoms with E-state index in [0.29, 0.717) is 0 Å². The van der Waals surface area contributed by atoms with Gasteiger partial charge in [0.1, 0.15) is 0 Å². The van der Waals surface area contributed by atoms with Crippen LogP contribution >= 0.6 is 0 Å². The third-order valence-corrected chi connectivity index (χ3v) is 3.59. The summed E-state index contributed by atoms with van der Waals surface area (Å²) in [6.45, 7) is 1.95. The highest BCUT2D eigenvalue weighted by Crippen LogP contribution is 2.33. The smallest absolute Gasteiger partial charge is 0.0457 e. The minimum absolute atomic E-state index is 0.0981. The summed E-state index contributed by atoms with van der Waals surface area (Å²) in [6.07, 6.45) is 4.45. The fourth-order valence-electron chi connectivity index (χ4n) is 2.47. The van der Waals surface area contributed by atoms with Crippen LogP contribution in [0.4, 0.5) is 0 Å². The Morgan fingerprint density at radius 3 is 2.88 bits per heavy atom. The number of nitrogens with two attached hydrogens (primary N) is 1. The van der Waals surface area contributed by atoms with Crippen molar-refractivity contribution in [2.45, 2.75) is 24.9 Å². The molecule has 1 aliphatic rings. The lowest BCUT2D eigenvalue weighted by atomic mass is 10.1. The Bertz CT molecular complexity index is 525. The first kappa shape index (κ1) is 10.8. The Balaban J connectivity index is 1.75. The van der Waals surface area contributed by atoms with Crippen LogP contribution in [0, 0.1) is 0 Å². The number of hydrogen-bond acceptors (Lipinski definition) is 2. The molecule has 3 rings (SSSR count). The van der Waals surface area contributed by atoms with Crippen LogP contribution in [-0.4, -0.2) is 29.0 Å². The molecule has 1 aliphatic carbocycles. The zero-order valence-electron chi connectivity index (χ0n) is 10.2. The number of benzene rings is 1. The van der Waals surface area contributed by atoms with E-state index in [1.165, 1.54) is 29.3 Å². The number of likely N-dealkylation sites (N-methyl/N-ethyl adjacent to an activating group) is 1. The van der Waals surface area contributed by atoms with Crippen molar-refractivity contribution in [2.75, 3.05) is 13.6 Å². The van der Waals surface area contributed by atoms with E-state index in [1.54, 1.807) is 0 Å². The van der Waals surface area contributed by atoms with Crippen molar-refractivity contribution < 1.29 is 0 Å². The van der Waals surface area contributed by atoms with Gasteiger partial charge in [-0.3, -0.25) is 0 Å². The van der Waals surface area contributed by atoms with E-state index in [1.807, 2.05) is 0 Å². The zero-order chi connectivity index (χ0) is 11.9. The number of nitrogens with one attached hydrogen (secondary N) is 1. The standard InChI is InChI=1S/C14H19N3/c1-17(10-14(15)6-7-14)9-11-8-16-13-5-3-2-4-12(11)13/h2-5,8,16H,6-7,9-10,15H2,1H3. The maximum atomic E-state index is 6.14. The van der Waals surface area contributed by atoms with Gasteiger partial charge in [-0.1, -0.05) is 18.2 Å². The second kappa shape index (κ2) is 3.86. The summed E-state index contributed by atoms with van der Waals surface area (Å²) in [6, 6.07) is 8.44. The van der Waals surface area contributed by atoms with Crippen LogP contribution < -0.4 is 5.73 Å². The van der Waals surface area contributed by atoms with E-state index in [4.69, 9.17) is 5.73 Å². The number of rotatable bonds is 4. The normalized spacial score (nSPS) is 17.8. The van der Waals surface area contributed by atoms with Gasteiger partial charge in [0, 0.05) is 35.7 Å². The van der Waals surface area contributed by atoms with Gasteiger partial charge >= 0.3 is 0 Å². The van der Waals surface area contributed by atoms with Crippen LogP contribution in [-0.2, 0) is 6.54 Å².